The van der Waals surface area contributed by atoms with Crippen molar-refractivity contribution >= 4 is 17.3 Å². The van der Waals surface area contributed by atoms with E-state index in [1.54, 1.807) is 0 Å². The second-order valence-electron chi connectivity index (χ2n) is 3.28. The van der Waals surface area contributed by atoms with E-state index in [-0.39, 0.29) is 5.69 Å². The van der Waals surface area contributed by atoms with Gasteiger partial charge in [-0.2, -0.15) is 0 Å². The van der Waals surface area contributed by atoms with Crippen molar-refractivity contribution in [3.8, 4) is 0 Å². The van der Waals surface area contributed by atoms with E-state index in [9.17, 15) is 19.3 Å². The number of halogens is 1. The number of carbonyl (C=O) groups excluding carboxylic acids is 1. The summed E-state index contributed by atoms with van der Waals surface area (Å²) < 4.78 is 17.8. The van der Waals surface area contributed by atoms with Crippen LogP contribution in [0.25, 0.3) is 0 Å². The number of para-hydroxylation sites is 1. The summed E-state index contributed by atoms with van der Waals surface area (Å²) in [7, 11) is 1.18. The summed E-state index contributed by atoms with van der Waals surface area (Å²) in [5, 5.41) is 13.1. The number of nitrogens with one attached hydrogen (secondary N) is 1. The minimum Gasteiger partial charge on any atom is -0.467 e. The van der Waals surface area contributed by atoms with Gasteiger partial charge in [0.05, 0.1) is 12.0 Å². The first-order chi connectivity index (χ1) is 7.97. The number of hydrogen-bond acceptors (Lipinski definition) is 5. The van der Waals surface area contributed by atoms with E-state index < -0.39 is 28.4 Å². The SMILES string of the molecule is COC(=O)C(C)Nc1c(F)cccc1[N+](=O)[O-]. The summed E-state index contributed by atoms with van der Waals surface area (Å²) in [4.78, 5) is 21.1. The number of nitro benzene ring substituents is 1. The van der Waals surface area contributed by atoms with Crippen LogP contribution in [0, 0.1) is 15.9 Å². The molecule has 1 N–H and O–H groups in total. The first-order valence-corrected chi connectivity index (χ1v) is 4.74. The fraction of sp³-hybridized carbons (Fsp3) is 0.300. The Kier molecular flexibility index (Phi) is 3.97. The number of methoxy groups -OCH3 is 1. The lowest BCUT2D eigenvalue weighted by Crippen LogP contribution is -2.28. The highest BCUT2D eigenvalue weighted by Gasteiger charge is 2.22. The Morgan fingerprint density at radius 3 is 2.76 bits per heavy atom. The zero-order valence-electron chi connectivity index (χ0n) is 9.27. The van der Waals surface area contributed by atoms with Gasteiger partial charge in [-0.05, 0) is 13.0 Å². The molecule has 7 heteroatoms. The third-order valence-electron chi connectivity index (χ3n) is 2.10. The van der Waals surface area contributed by atoms with Crippen molar-refractivity contribution < 1.29 is 18.8 Å². The molecule has 1 atom stereocenters. The second-order valence-corrected chi connectivity index (χ2v) is 3.28. The Morgan fingerprint density at radius 1 is 1.59 bits per heavy atom. The monoisotopic (exact) mass is 242 g/mol. The van der Waals surface area contributed by atoms with Crippen molar-refractivity contribution in [2.24, 2.45) is 0 Å². The van der Waals surface area contributed by atoms with E-state index in [4.69, 9.17) is 0 Å². The molecule has 1 rings (SSSR count). The van der Waals surface area contributed by atoms with Crippen molar-refractivity contribution in [2.45, 2.75) is 13.0 Å². The number of rotatable bonds is 4. The highest BCUT2D eigenvalue weighted by molar-refractivity contribution is 5.80. The third kappa shape index (κ3) is 2.90. The number of esters is 1. The molecule has 0 radical (unpaired) electrons. The smallest absolute Gasteiger partial charge is 0.327 e. The van der Waals surface area contributed by atoms with Gasteiger partial charge < -0.3 is 10.1 Å². The highest BCUT2D eigenvalue weighted by Crippen LogP contribution is 2.27. The van der Waals surface area contributed by atoms with Gasteiger partial charge in [0.15, 0.2) is 5.82 Å². The number of carbonyl (C=O) groups is 1. The Hall–Kier alpha value is -2.18. The maximum Gasteiger partial charge on any atom is 0.327 e. The van der Waals surface area contributed by atoms with Gasteiger partial charge in [-0.15, -0.1) is 0 Å². The van der Waals surface area contributed by atoms with Gasteiger partial charge >= 0.3 is 5.97 Å². The summed E-state index contributed by atoms with van der Waals surface area (Å²) in [6.07, 6.45) is 0. The minimum absolute atomic E-state index is 0.324. The molecule has 0 fully saturated rings. The lowest BCUT2D eigenvalue weighted by molar-refractivity contribution is -0.384. The summed E-state index contributed by atoms with van der Waals surface area (Å²) in [6.45, 7) is 1.42. The largest absolute Gasteiger partial charge is 0.467 e. The number of ether oxygens (including phenoxy) is 1. The first-order valence-electron chi connectivity index (χ1n) is 4.74. The molecule has 0 saturated carbocycles. The van der Waals surface area contributed by atoms with Crippen molar-refractivity contribution in [3.63, 3.8) is 0 Å². The minimum atomic E-state index is -0.879. The normalized spacial score (nSPS) is 11.7. The lowest BCUT2D eigenvalue weighted by atomic mass is 10.2. The molecular formula is C10H11FN2O4. The maximum absolute atomic E-state index is 13.4. The summed E-state index contributed by atoms with van der Waals surface area (Å²) in [5.41, 5.74) is -0.754. The topological polar surface area (TPSA) is 81.5 Å². The van der Waals surface area contributed by atoms with Crippen molar-refractivity contribution in [3.05, 3.63) is 34.1 Å². The Balaban J connectivity index is 3.05. The highest BCUT2D eigenvalue weighted by atomic mass is 19.1. The van der Waals surface area contributed by atoms with Crippen molar-refractivity contribution in [2.75, 3.05) is 12.4 Å². The molecule has 17 heavy (non-hydrogen) atoms. The molecule has 0 aromatic heterocycles. The molecule has 92 valence electrons. The molecule has 0 bridgehead atoms. The Bertz CT molecular complexity index is 450. The van der Waals surface area contributed by atoms with Gasteiger partial charge in [-0.25, -0.2) is 9.18 Å². The first kappa shape index (κ1) is 12.9. The predicted molar refractivity (Wildman–Crippen MR) is 58.2 cm³/mol. The van der Waals surface area contributed by atoms with Crippen LogP contribution in [-0.2, 0) is 9.53 Å². The summed E-state index contributed by atoms with van der Waals surface area (Å²) >= 11 is 0. The zero-order chi connectivity index (χ0) is 13.0. The molecule has 1 aromatic carbocycles. The fourth-order valence-electron chi connectivity index (χ4n) is 1.26. The van der Waals surface area contributed by atoms with Crippen LogP contribution in [-0.4, -0.2) is 24.0 Å². The average molecular weight is 242 g/mol. The molecule has 1 unspecified atom stereocenters. The van der Waals surface area contributed by atoms with E-state index in [1.807, 2.05) is 0 Å². The molecular weight excluding hydrogens is 231 g/mol. The van der Waals surface area contributed by atoms with Gasteiger partial charge in [0.2, 0.25) is 0 Å². The quantitative estimate of drug-likeness (QED) is 0.493. The molecule has 0 aliphatic rings. The molecule has 0 aliphatic heterocycles. The standard InChI is InChI=1S/C10H11FN2O4/c1-6(10(14)17-2)12-9-7(11)4-3-5-8(9)13(15)16/h3-6,12H,1-2H3. The maximum atomic E-state index is 13.4. The van der Waals surface area contributed by atoms with Gasteiger partial charge in [0.25, 0.3) is 5.69 Å². The number of hydrogen-bond donors (Lipinski definition) is 1. The second kappa shape index (κ2) is 5.24. The molecule has 1 aromatic rings. The van der Waals surface area contributed by atoms with Crippen LogP contribution >= 0.6 is 0 Å². The van der Waals surface area contributed by atoms with Gasteiger partial charge in [-0.3, -0.25) is 10.1 Å². The van der Waals surface area contributed by atoms with Crippen LogP contribution in [0.1, 0.15) is 6.92 Å². The molecule has 0 aliphatic carbocycles. The van der Waals surface area contributed by atoms with Crippen LogP contribution in [0.5, 0.6) is 0 Å². The third-order valence-corrected chi connectivity index (χ3v) is 2.10. The van der Waals surface area contributed by atoms with Gasteiger partial charge in [0.1, 0.15) is 11.7 Å². The van der Waals surface area contributed by atoms with E-state index in [0.717, 1.165) is 12.1 Å². The molecule has 0 saturated heterocycles. The van der Waals surface area contributed by atoms with Crippen LogP contribution < -0.4 is 5.32 Å². The lowest BCUT2D eigenvalue weighted by Gasteiger charge is -2.13. The van der Waals surface area contributed by atoms with Crippen molar-refractivity contribution in [1.29, 1.82) is 0 Å². The predicted octanol–water partition coefficient (Wildman–Crippen LogP) is 1.71. The number of nitro groups is 1. The summed E-state index contributed by atoms with van der Waals surface area (Å²) in [5.74, 6) is -1.43. The van der Waals surface area contributed by atoms with Crippen LogP contribution in [0.4, 0.5) is 15.8 Å². The Labute approximate surface area is 96.5 Å². The van der Waals surface area contributed by atoms with Gasteiger partial charge in [-0.1, -0.05) is 6.07 Å². The van der Waals surface area contributed by atoms with Crippen LogP contribution in [0.3, 0.4) is 0 Å². The molecule has 0 heterocycles. The van der Waals surface area contributed by atoms with E-state index in [0.29, 0.717) is 0 Å². The van der Waals surface area contributed by atoms with E-state index in [1.165, 1.54) is 20.1 Å². The number of benzene rings is 1. The summed E-state index contributed by atoms with van der Waals surface area (Å²) in [6, 6.07) is 2.56. The number of nitrogens with zero attached hydrogens (tertiary/aromatic N) is 1. The fourth-order valence-corrected chi connectivity index (χ4v) is 1.26. The van der Waals surface area contributed by atoms with Crippen LogP contribution in [0.15, 0.2) is 18.2 Å². The number of anilines is 1. The average Bonchev–Trinajstić information content (AvgIpc) is 2.30. The molecule has 0 spiro atoms. The molecule has 6 nitrogen and oxygen atoms in total. The van der Waals surface area contributed by atoms with Crippen molar-refractivity contribution in [1.82, 2.24) is 0 Å². The zero-order valence-corrected chi connectivity index (χ0v) is 9.27. The van der Waals surface area contributed by atoms with E-state index in [2.05, 4.69) is 10.1 Å². The van der Waals surface area contributed by atoms with Crippen LogP contribution in [0.2, 0.25) is 0 Å². The van der Waals surface area contributed by atoms with E-state index >= 15 is 0 Å². The van der Waals surface area contributed by atoms with Gasteiger partial charge in [0, 0.05) is 6.07 Å². The Morgan fingerprint density at radius 2 is 2.24 bits per heavy atom. The molecule has 0 amide bonds.